The molecule has 0 bridgehead atoms. The third-order valence-electron chi connectivity index (χ3n) is 2.47. The highest BCUT2D eigenvalue weighted by Gasteiger charge is 2.06. The van der Waals surface area contributed by atoms with Gasteiger partial charge in [-0.2, -0.15) is 0 Å². The molecule has 0 aromatic heterocycles. The average Bonchev–Trinajstić information content (AvgIpc) is 2.21. The first-order valence-corrected chi connectivity index (χ1v) is 6.80. The minimum Gasteiger partial charge on any atom is -0.399 e. The minimum absolute atomic E-state index is 0.541. The van der Waals surface area contributed by atoms with Crippen LogP contribution < -0.4 is 5.73 Å². The van der Waals surface area contributed by atoms with Crippen molar-refractivity contribution in [3.63, 3.8) is 0 Å². The van der Waals surface area contributed by atoms with E-state index in [-0.39, 0.29) is 0 Å². The summed E-state index contributed by atoms with van der Waals surface area (Å²) in [5.74, 6) is 1.98. The Morgan fingerprint density at radius 2 is 1.93 bits per heavy atom. The van der Waals surface area contributed by atoms with E-state index in [2.05, 4.69) is 13.8 Å². The molecule has 15 heavy (non-hydrogen) atoms. The van der Waals surface area contributed by atoms with E-state index in [0.29, 0.717) is 11.7 Å². The first-order chi connectivity index (χ1) is 7.11. The topological polar surface area (TPSA) is 43.1 Å². The first-order valence-electron chi connectivity index (χ1n) is 5.31. The highest BCUT2D eigenvalue weighted by molar-refractivity contribution is 7.84. The van der Waals surface area contributed by atoms with Gasteiger partial charge in [-0.05, 0) is 23.6 Å². The van der Waals surface area contributed by atoms with Gasteiger partial charge in [0.15, 0.2) is 0 Å². The molecule has 0 spiro atoms. The van der Waals surface area contributed by atoms with Gasteiger partial charge in [0, 0.05) is 28.0 Å². The Hall–Kier alpha value is -0.830. The zero-order valence-electron chi connectivity index (χ0n) is 9.40. The van der Waals surface area contributed by atoms with Crippen molar-refractivity contribution >= 4 is 16.5 Å². The van der Waals surface area contributed by atoms with E-state index >= 15 is 0 Å². The summed E-state index contributed by atoms with van der Waals surface area (Å²) in [6.45, 7) is 4.27. The van der Waals surface area contributed by atoms with Crippen LogP contribution >= 0.6 is 0 Å². The molecule has 84 valence electrons. The van der Waals surface area contributed by atoms with Crippen molar-refractivity contribution in [1.29, 1.82) is 0 Å². The fourth-order valence-corrected chi connectivity index (χ4v) is 2.85. The maximum atomic E-state index is 11.7. The molecule has 0 fully saturated rings. The van der Waals surface area contributed by atoms with Crippen LogP contribution in [0.5, 0.6) is 0 Å². The van der Waals surface area contributed by atoms with Gasteiger partial charge >= 0.3 is 0 Å². The summed E-state index contributed by atoms with van der Waals surface area (Å²) < 4.78 is 11.7. The van der Waals surface area contributed by atoms with E-state index in [1.165, 1.54) is 0 Å². The van der Waals surface area contributed by atoms with Gasteiger partial charge in [-0.3, -0.25) is 4.21 Å². The fraction of sp³-hybridized carbons (Fsp3) is 0.500. The highest BCUT2D eigenvalue weighted by atomic mass is 32.2. The Morgan fingerprint density at radius 1 is 1.33 bits per heavy atom. The standard InChI is InChI=1S/C12H19NOS/c1-3-10(2)8-15(14)9-11-4-6-12(13)7-5-11/h4-7,10H,3,8-9,13H2,1-2H3. The van der Waals surface area contributed by atoms with E-state index in [9.17, 15) is 4.21 Å². The van der Waals surface area contributed by atoms with E-state index < -0.39 is 10.8 Å². The Balaban J connectivity index is 2.48. The quantitative estimate of drug-likeness (QED) is 0.783. The highest BCUT2D eigenvalue weighted by Crippen LogP contribution is 2.10. The van der Waals surface area contributed by atoms with Crippen molar-refractivity contribution < 1.29 is 4.21 Å². The molecule has 0 radical (unpaired) electrons. The number of hydrogen-bond acceptors (Lipinski definition) is 2. The number of nitrogens with two attached hydrogens (primary N) is 1. The maximum Gasteiger partial charge on any atom is 0.0485 e. The summed E-state index contributed by atoms with van der Waals surface area (Å²) in [6, 6.07) is 7.61. The predicted molar refractivity (Wildman–Crippen MR) is 67.0 cm³/mol. The number of nitrogen functional groups attached to an aromatic ring is 1. The summed E-state index contributed by atoms with van der Waals surface area (Å²) in [4.78, 5) is 0. The Morgan fingerprint density at radius 3 is 2.47 bits per heavy atom. The third kappa shape index (κ3) is 4.47. The lowest BCUT2D eigenvalue weighted by Gasteiger charge is -2.08. The van der Waals surface area contributed by atoms with Crippen LogP contribution in [0.2, 0.25) is 0 Å². The summed E-state index contributed by atoms with van der Waals surface area (Å²) in [5, 5.41) is 0. The molecule has 0 saturated carbocycles. The van der Waals surface area contributed by atoms with Crippen LogP contribution in [0, 0.1) is 5.92 Å². The van der Waals surface area contributed by atoms with Crippen LogP contribution in [0.1, 0.15) is 25.8 Å². The Bertz CT molecular complexity index is 321. The van der Waals surface area contributed by atoms with Gasteiger partial charge in [-0.25, -0.2) is 0 Å². The van der Waals surface area contributed by atoms with E-state index in [0.717, 1.165) is 23.4 Å². The summed E-state index contributed by atoms with van der Waals surface area (Å²) in [7, 11) is -0.748. The van der Waals surface area contributed by atoms with Crippen molar-refractivity contribution in [3.8, 4) is 0 Å². The zero-order valence-corrected chi connectivity index (χ0v) is 10.2. The molecule has 1 aromatic rings. The van der Waals surface area contributed by atoms with Gasteiger partial charge in [-0.1, -0.05) is 32.4 Å². The predicted octanol–water partition coefficient (Wildman–Crippen LogP) is 2.56. The van der Waals surface area contributed by atoms with E-state index in [4.69, 9.17) is 5.73 Å². The van der Waals surface area contributed by atoms with Crippen molar-refractivity contribution in [1.82, 2.24) is 0 Å². The van der Waals surface area contributed by atoms with Crippen molar-refractivity contribution in [2.75, 3.05) is 11.5 Å². The molecule has 1 aromatic carbocycles. The molecular weight excluding hydrogens is 206 g/mol. The van der Waals surface area contributed by atoms with E-state index in [1.807, 2.05) is 24.3 Å². The zero-order chi connectivity index (χ0) is 11.3. The smallest absolute Gasteiger partial charge is 0.0485 e. The lowest BCUT2D eigenvalue weighted by atomic mass is 10.2. The van der Waals surface area contributed by atoms with Gasteiger partial charge in [0.1, 0.15) is 0 Å². The summed E-state index contributed by atoms with van der Waals surface area (Å²) in [5.41, 5.74) is 7.44. The number of benzene rings is 1. The molecule has 2 N–H and O–H groups in total. The largest absolute Gasteiger partial charge is 0.399 e. The van der Waals surface area contributed by atoms with E-state index in [1.54, 1.807) is 0 Å². The molecule has 0 aliphatic heterocycles. The minimum atomic E-state index is -0.748. The Labute approximate surface area is 94.3 Å². The molecule has 1 rings (SSSR count). The monoisotopic (exact) mass is 225 g/mol. The second-order valence-electron chi connectivity index (χ2n) is 4.01. The van der Waals surface area contributed by atoms with Crippen LogP contribution in [0.3, 0.4) is 0 Å². The summed E-state index contributed by atoms with van der Waals surface area (Å²) in [6.07, 6.45) is 1.09. The first kappa shape index (κ1) is 12.2. The molecular formula is C12H19NOS. The second kappa shape index (κ2) is 5.91. The molecule has 2 unspecified atom stereocenters. The third-order valence-corrected chi connectivity index (χ3v) is 4.07. The van der Waals surface area contributed by atoms with Crippen LogP contribution in [-0.2, 0) is 16.6 Å². The average molecular weight is 225 g/mol. The van der Waals surface area contributed by atoms with Crippen molar-refractivity contribution in [2.45, 2.75) is 26.0 Å². The molecule has 3 heteroatoms. The van der Waals surface area contributed by atoms with Crippen molar-refractivity contribution in [2.24, 2.45) is 5.92 Å². The van der Waals surface area contributed by atoms with Crippen LogP contribution in [-0.4, -0.2) is 9.96 Å². The second-order valence-corrected chi connectivity index (χ2v) is 5.51. The molecule has 0 aliphatic rings. The molecule has 0 heterocycles. The molecule has 2 atom stereocenters. The Kier molecular flexibility index (Phi) is 4.82. The van der Waals surface area contributed by atoms with Gasteiger partial charge < -0.3 is 5.73 Å². The fourth-order valence-electron chi connectivity index (χ4n) is 1.29. The molecule has 2 nitrogen and oxygen atoms in total. The van der Waals surface area contributed by atoms with Crippen molar-refractivity contribution in [3.05, 3.63) is 29.8 Å². The van der Waals surface area contributed by atoms with Gasteiger partial charge in [0.2, 0.25) is 0 Å². The molecule has 0 aliphatic carbocycles. The lowest BCUT2D eigenvalue weighted by Crippen LogP contribution is -2.08. The normalized spacial score (nSPS) is 14.8. The van der Waals surface area contributed by atoms with Gasteiger partial charge in [-0.15, -0.1) is 0 Å². The van der Waals surface area contributed by atoms with Gasteiger partial charge in [0.25, 0.3) is 0 Å². The number of rotatable bonds is 5. The molecule has 0 saturated heterocycles. The number of anilines is 1. The number of hydrogen-bond donors (Lipinski definition) is 1. The van der Waals surface area contributed by atoms with Crippen LogP contribution in [0.25, 0.3) is 0 Å². The van der Waals surface area contributed by atoms with Crippen LogP contribution in [0.4, 0.5) is 5.69 Å². The maximum absolute atomic E-state index is 11.7. The lowest BCUT2D eigenvalue weighted by molar-refractivity contribution is 0.615. The van der Waals surface area contributed by atoms with Crippen LogP contribution in [0.15, 0.2) is 24.3 Å². The summed E-state index contributed by atoms with van der Waals surface area (Å²) >= 11 is 0. The SMILES string of the molecule is CCC(C)CS(=O)Cc1ccc(N)cc1. The van der Waals surface area contributed by atoms with Gasteiger partial charge in [0.05, 0.1) is 0 Å². The molecule has 0 amide bonds.